The Morgan fingerprint density at radius 3 is 2.59 bits per heavy atom. The van der Waals surface area contributed by atoms with Gasteiger partial charge in [-0.15, -0.1) is 0 Å². The second kappa shape index (κ2) is 7.41. The van der Waals surface area contributed by atoms with Gasteiger partial charge in [0, 0.05) is 12.0 Å². The summed E-state index contributed by atoms with van der Waals surface area (Å²) in [5.41, 5.74) is 9.59. The third-order valence-electron chi connectivity index (χ3n) is 3.59. The third kappa shape index (κ3) is 4.19. The van der Waals surface area contributed by atoms with Crippen LogP contribution >= 0.6 is 0 Å². The summed E-state index contributed by atoms with van der Waals surface area (Å²) in [6, 6.07) is 15.7. The van der Waals surface area contributed by atoms with Crippen molar-refractivity contribution >= 4 is 11.8 Å². The van der Waals surface area contributed by atoms with Crippen LogP contribution in [0, 0.1) is 5.41 Å². The smallest absolute Gasteiger partial charge is 0.303 e. The van der Waals surface area contributed by atoms with Gasteiger partial charge in [-0.2, -0.15) is 0 Å². The van der Waals surface area contributed by atoms with Crippen molar-refractivity contribution in [1.29, 1.82) is 5.41 Å². The van der Waals surface area contributed by atoms with Crippen LogP contribution in [0.2, 0.25) is 0 Å². The highest BCUT2D eigenvalue weighted by Gasteiger charge is 2.07. The molecule has 0 atom stereocenters. The summed E-state index contributed by atoms with van der Waals surface area (Å²) in [7, 11) is 0. The number of aliphatic carboxylic acids is 1. The molecule has 0 heterocycles. The van der Waals surface area contributed by atoms with Gasteiger partial charge in [0.1, 0.15) is 5.84 Å². The molecule has 0 saturated heterocycles. The van der Waals surface area contributed by atoms with Crippen molar-refractivity contribution in [1.82, 2.24) is 0 Å². The van der Waals surface area contributed by atoms with Gasteiger partial charge < -0.3 is 10.8 Å². The summed E-state index contributed by atoms with van der Waals surface area (Å²) in [5.74, 6) is -0.691. The Balaban J connectivity index is 2.19. The first-order valence-electron chi connectivity index (χ1n) is 7.32. The minimum Gasteiger partial charge on any atom is -0.481 e. The molecule has 4 N–H and O–H groups in total. The maximum atomic E-state index is 10.6. The number of nitrogen functional groups attached to an aromatic ring is 1. The van der Waals surface area contributed by atoms with E-state index in [2.05, 4.69) is 6.07 Å². The molecule has 4 heteroatoms. The second-order valence-corrected chi connectivity index (χ2v) is 5.25. The van der Waals surface area contributed by atoms with E-state index in [-0.39, 0.29) is 12.3 Å². The summed E-state index contributed by atoms with van der Waals surface area (Å²) < 4.78 is 0. The van der Waals surface area contributed by atoms with Crippen molar-refractivity contribution in [2.75, 3.05) is 0 Å². The average Bonchev–Trinajstić information content (AvgIpc) is 2.52. The van der Waals surface area contributed by atoms with E-state index in [0.717, 1.165) is 24.0 Å². The highest BCUT2D eigenvalue weighted by molar-refractivity contribution is 5.96. The zero-order valence-corrected chi connectivity index (χ0v) is 12.4. The lowest BCUT2D eigenvalue weighted by atomic mass is 9.95. The normalized spacial score (nSPS) is 10.4. The molecule has 22 heavy (non-hydrogen) atoms. The Hall–Kier alpha value is -2.62. The molecule has 2 aromatic carbocycles. The zero-order chi connectivity index (χ0) is 15.9. The average molecular weight is 296 g/mol. The highest BCUT2D eigenvalue weighted by atomic mass is 16.4. The molecule has 0 radical (unpaired) electrons. The van der Waals surface area contributed by atoms with Gasteiger partial charge in [-0.1, -0.05) is 42.5 Å². The number of amidine groups is 1. The molecule has 0 amide bonds. The van der Waals surface area contributed by atoms with Gasteiger partial charge in [0.25, 0.3) is 0 Å². The number of benzene rings is 2. The summed E-state index contributed by atoms with van der Waals surface area (Å²) in [6.07, 6.45) is 2.57. The number of rotatable bonds is 7. The number of carbonyl (C=O) groups is 1. The Labute approximate surface area is 130 Å². The van der Waals surface area contributed by atoms with E-state index in [1.54, 1.807) is 0 Å². The van der Waals surface area contributed by atoms with Crippen LogP contribution in [0.1, 0.15) is 30.4 Å². The van der Waals surface area contributed by atoms with Crippen LogP contribution in [0.4, 0.5) is 0 Å². The number of nitrogens with one attached hydrogen (secondary N) is 1. The van der Waals surface area contributed by atoms with Crippen LogP contribution in [-0.2, 0) is 11.2 Å². The number of nitrogens with two attached hydrogens (primary N) is 1. The van der Waals surface area contributed by atoms with Gasteiger partial charge in [-0.05, 0) is 42.0 Å². The van der Waals surface area contributed by atoms with Crippen molar-refractivity contribution in [3.63, 3.8) is 0 Å². The maximum Gasteiger partial charge on any atom is 0.303 e. The molecule has 0 bridgehead atoms. The van der Waals surface area contributed by atoms with E-state index >= 15 is 0 Å². The van der Waals surface area contributed by atoms with Gasteiger partial charge in [0.05, 0.1) is 0 Å². The number of unbranched alkanes of at least 4 members (excludes halogenated alkanes) is 1. The standard InChI is InChI=1S/C18H20N2O2/c19-18(20)15-9-5-8-14(12-15)16-10-3-1-6-13(16)7-2-4-11-17(21)22/h1,3,5-6,8-10,12H,2,4,7,11H2,(H3,19,20)(H,21,22). The van der Waals surface area contributed by atoms with Crippen LogP contribution in [0.5, 0.6) is 0 Å². The lowest BCUT2D eigenvalue weighted by molar-refractivity contribution is -0.137. The topological polar surface area (TPSA) is 87.2 Å². The summed E-state index contributed by atoms with van der Waals surface area (Å²) >= 11 is 0. The number of aryl methyl sites for hydroxylation is 1. The quantitative estimate of drug-likeness (QED) is 0.415. The fourth-order valence-corrected chi connectivity index (χ4v) is 2.47. The number of hydrogen-bond acceptors (Lipinski definition) is 2. The minimum absolute atomic E-state index is 0.0563. The number of carboxylic acids is 1. The van der Waals surface area contributed by atoms with Crippen LogP contribution in [-0.4, -0.2) is 16.9 Å². The maximum absolute atomic E-state index is 10.6. The van der Waals surface area contributed by atoms with Gasteiger partial charge in [0.15, 0.2) is 0 Å². The molecule has 0 aliphatic rings. The highest BCUT2D eigenvalue weighted by Crippen LogP contribution is 2.26. The lowest BCUT2D eigenvalue weighted by Crippen LogP contribution is -2.10. The van der Waals surface area contributed by atoms with Crippen LogP contribution in [0.3, 0.4) is 0 Å². The zero-order valence-electron chi connectivity index (χ0n) is 12.4. The van der Waals surface area contributed by atoms with E-state index < -0.39 is 5.97 Å². The first-order valence-corrected chi connectivity index (χ1v) is 7.32. The number of hydrogen-bond donors (Lipinski definition) is 3. The molecule has 4 nitrogen and oxygen atoms in total. The molecule has 114 valence electrons. The molecule has 0 spiro atoms. The molecule has 0 saturated carbocycles. The largest absolute Gasteiger partial charge is 0.481 e. The van der Waals surface area contributed by atoms with Gasteiger partial charge in [-0.3, -0.25) is 10.2 Å². The molecular weight excluding hydrogens is 276 g/mol. The van der Waals surface area contributed by atoms with Gasteiger partial charge in [0.2, 0.25) is 0 Å². The third-order valence-corrected chi connectivity index (χ3v) is 3.59. The van der Waals surface area contributed by atoms with Gasteiger partial charge >= 0.3 is 5.97 Å². The Bertz CT molecular complexity index is 680. The van der Waals surface area contributed by atoms with Crippen molar-refractivity contribution < 1.29 is 9.90 Å². The Morgan fingerprint density at radius 2 is 1.86 bits per heavy atom. The fraction of sp³-hybridized carbons (Fsp3) is 0.222. The molecule has 2 rings (SSSR count). The predicted molar refractivity (Wildman–Crippen MR) is 88.1 cm³/mol. The van der Waals surface area contributed by atoms with E-state index in [9.17, 15) is 4.79 Å². The molecule has 2 aromatic rings. The first kappa shape index (κ1) is 15.8. The molecule has 0 fully saturated rings. The molecular formula is C18H20N2O2. The van der Waals surface area contributed by atoms with Crippen LogP contribution in [0.25, 0.3) is 11.1 Å². The fourth-order valence-electron chi connectivity index (χ4n) is 2.47. The summed E-state index contributed by atoms with van der Waals surface area (Å²) in [6.45, 7) is 0. The molecule has 0 aliphatic heterocycles. The Morgan fingerprint density at radius 1 is 1.09 bits per heavy atom. The van der Waals surface area contributed by atoms with Crippen molar-refractivity contribution in [3.8, 4) is 11.1 Å². The first-order chi connectivity index (χ1) is 10.6. The Kier molecular flexibility index (Phi) is 5.31. The summed E-state index contributed by atoms with van der Waals surface area (Å²) in [4.78, 5) is 10.6. The molecule has 0 aromatic heterocycles. The lowest BCUT2D eigenvalue weighted by Gasteiger charge is -2.10. The van der Waals surface area contributed by atoms with E-state index in [1.165, 1.54) is 5.56 Å². The monoisotopic (exact) mass is 296 g/mol. The minimum atomic E-state index is -0.748. The van der Waals surface area contributed by atoms with Crippen molar-refractivity contribution in [3.05, 3.63) is 59.7 Å². The second-order valence-electron chi connectivity index (χ2n) is 5.25. The number of carboxylic acid groups (broad SMARTS) is 1. The predicted octanol–water partition coefficient (Wildman–Crippen LogP) is 3.44. The van der Waals surface area contributed by atoms with E-state index in [4.69, 9.17) is 16.2 Å². The van der Waals surface area contributed by atoms with E-state index in [1.807, 2.05) is 42.5 Å². The van der Waals surface area contributed by atoms with Crippen LogP contribution < -0.4 is 5.73 Å². The van der Waals surface area contributed by atoms with Crippen molar-refractivity contribution in [2.24, 2.45) is 5.73 Å². The van der Waals surface area contributed by atoms with Crippen LogP contribution in [0.15, 0.2) is 48.5 Å². The SMILES string of the molecule is N=C(N)c1cccc(-c2ccccc2CCCCC(=O)O)c1. The van der Waals surface area contributed by atoms with Gasteiger partial charge in [-0.25, -0.2) is 0 Å². The molecule has 0 unspecified atom stereocenters. The summed E-state index contributed by atoms with van der Waals surface area (Å²) in [5, 5.41) is 16.2. The molecule has 0 aliphatic carbocycles. The van der Waals surface area contributed by atoms with Crippen molar-refractivity contribution in [2.45, 2.75) is 25.7 Å². The van der Waals surface area contributed by atoms with E-state index in [0.29, 0.717) is 12.0 Å².